The minimum Gasteiger partial charge on any atom is -0.507 e. The molecule has 0 aliphatic heterocycles. The molecule has 2 aromatic carbocycles. The van der Waals surface area contributed by atoms with E-state index in [0.29, 0.717) is 38.7 Å². The third kappa shape index (κ3) is 2.76. The molecule has 1 heterocycles. The Morgan fingerprint density at radius 2 is 2.00 bits per heavy atom. The monoisotopic (exact) mass is 338 g/mol. The number of carbonyl (C=O) groups excluding carboxylic acids is 1. The lowest BCUT2D eigenvalue weighted by molar-refractivity contribution is 0.0525. The van der Waals surface area contributed by atoms with E-state index in [-0.39, 0.29) is 12.4 Å². The zero-order chi connectivity index (χ0) is 18.1. The van der Waals surface area contributed by atoms with Gasteiger partial charge in [-0.25, -0.2) is 9.89 Å². The normalized spacial score (nSPS) is 10.8. The maximum atomic E-state index is 12.4. The fraction of sp³-hybridized carbons (Fsp3) is 0.211. The summed E-state index contributed by atoms with van der Waals surface area (Å²) in [5.74, 6) is -0.396. The first-order valence-corrected chi connectivity index (χ1v) is 7.93. The van der Waals surface area contributed by atoms with Crippen LogP contribution in [-0.2, 0) is 4.74 Å². The van der Waals surface area contributed by atoms with Crippen LogP contribution in [0, 0.1) is 13.8 Å². The summed E-state index contributed by atoms with van der Waals surface area (Å²) >= 11 is 0. The molecule has 6 nitrogen and oxygen atoms in total. The molecule has 0 amide bonds. The van der Waals surface area contributed by atoms with Crippen LogP contribution in [-0.4, -0.2) is 27.9 Å². The van der Waals surface area contributed by atoms with Crippen LogP contribution in [0.3, 0.4) is 0 Å². The Kier molecular flexibility index (Phi) is 4.27. The molecule has 0 saturated heterocycles. The molecular formula is C19H18N2O4. The Morgan fingerprint density at radius 3 is 2.68 bits per heavy atom. The van der Waals surface area contributed by atoms with Crippen LogP contribution in [0.1, 0.15) is 28.4 Å². The number of para-hydroxylation sites is 1. The maximum Gasteiger partial charge on any atom is 0.338 e. The number of esters is 1. The molecule has 0 spiro atoms. The molecule has 3 rings (SSSR count). The van der Waals surface area contributed by atoms with Crippen molar-refractivity contribution in [2.24, 2.45) is 0 Å². The summed E-state index contributed by atoms with van der Waals surface area (Å²) < 4.78 is 5.11. The van der Waals surface area contributed by atoms with Crippen molar-refractivity contribution in [1.82, 2.24) is 10.2 Å². The second-order valence-corrected chi connectivity index (χ2v) is 5.75. The lowest BCUT2D eigenvalue weighted by atomic mass is 9.94. The van der Waals surface area contributed by atoms with E-state index in [0.717, 1.165) is 0 Å². The first-order chi connectivity index (χ1) is 12.0. The van der Waals surface area contributed by atoms with Crippen LogP contribution >= 0.6 is 0 Å². The van der Waals surface area contributed by atoms with Gasteiger partial charge in [0.25, 0.3) is 5.56 Å². The summed E-state index contributed by atoms with van der Waals surface area (Å²) in [6.07, 6.45) is 0. The SMILES string of the molecule is CCOC(=O)c1c(C)cc2c(-c3ccccc3O)n[nH]c(=O)c2c1C. The Hall–Kier alpha value is -3.15. The first-order valence-electron chi connectivity index (χ1n) is 7.93. The maximum absolute atomic E-state index is 12.4. The van der Waals surface area contributed by atoms with E-state index in [1.54, 1.807) is 51.1 Å². The molecule has 0 unspecified atom stereocenters. The third-order valence-corrected chi connectivity index (χ3v) is 4.16. The van der Waals surface area contributed by atoms with Gasteiger partial charge >= 0.3 is 5.97 Å². The molecule has 0 aliphatic carbocycles. The highest BCUT2D eigenvalue weighted by molar-refractivity contribution is 6.04. The predicted octanol–water partition coefficient (Wildman–Crippen LogP) is 3.09. The number of nitrogens with zero attached hydrogens (tertiary/aromatic N) is 1. The number of hydrogen-bond donors (Lipinski definition) is 2. The number of carbonyl (C=O) groups is 1. The number of hydrogen-bond acceptors (Lipinski definition) is 5. The van der Waals surface area contributed by atoms with Crippen LogP contribution in [0.25, 0.3) is 22.0 Å². The van der Waals surface area contributed by atoms with E-state index in [2.05, 4.69) is 10.2 Å². The number of H-pyrrole nitrogens is 1. The lowest BCUT2D eigenvalue weighted by Crippen LogP contribution is -2.15. The number of ether oxygens (including phenoxy) is 1. The summed E-state index contributed by atoms with van der Waals surface area (Å²) in [5, 5.41) is 17.7. The molecule has 0 atom stereocenters. The van der Waals surface area contributed by atoms with Gasteiger partial charge in [0, 0.05) is 10.9 Å². The number of rotatable bonds is 3. The van der Waals surface area contributed by atoms with E-state index in [1.165, 1.54) is 0 Å². The molecular weight excluding hydrogens is 320 g/mol. The van der Waals surface area contributed by atoms with Crippen molar-refractivity contribution >= 4 is 16.7 Å². The standard InChI is InChI=1S/C19H18N2O4/c1-4-25-19(24)15-10(2)9-13-16(11(15)3)18(23)21-20-17(13)12-7-5-6-8-14(12)22/h5-9,22H,4H2,1-3H3,(H,21,23). The van der Waals surface area contributed by atoms with Crippen molar-refractivity contribution in [3.63, 3.8) is 0 Å². The highest BCUT2D eigenvalue weighted by Crippen LogP contribution is 2.33. The van der Waals surface area contributed by atoms with E-state index in [9.17, 15) is 14.7 Å². The molecule has 128 valence electrons. The lowest BCUT2D eigenvalue weighted by Gasteiger charge is -2.14. The van der Waals surface area contributed by atoms with Crippen molar-refractivity contribution < 1.29 is 14.6 Å². The Bertz CT molecular complexity index is 1040. The number of aromatic amines is 1. The van der Waals surface area contributed by atoms with E-state index < -0.39 is 11.5 Å². The van der Waals surface area contributed by atoms with Gasteiger partial charge in [-0.3, -0.25) is 4.79 Å². The van der Waals surface area contributed by atoms with Crippen LogP contribution in [0.15, 0.2) is 35.1 Å². The molecule has 6 heteroatoms. The van der Waals surface area contributed by atoms with Gasteiger partial charge in [-0.1, -0.05) is 12.1 Å². The molecule has 25 heavy (non-hydrogen) atoms. The third-order valence-electron chi connectivity index (χ3n) is 4.16. The molecule has 1 aromatic heterocycles. The fourth-order valence-corrected chi connectivity index (χ4v) is 3.08. The van der Waals surface area contributed by atoms with Crippen LogP contribution in [0.5, 0.6) is 5.75 Å². The average molecular weight is 338 g/mol. The van der Waals surface area contributed by atoms with Crippen LogP contribution in [0.4, 0.5) is 0 Å². The second-order valence-electron chi connectivity index (χ2n) is 5.75. The number of phenols is 1. The van der Waals surface area contributed by atoms with Crippen molar-refractivity contribution in [1.29, 1.82) is 0 Å². The van der Waals surface area contributed by atoms with Gasteiger partial charge in [0.15, 0.2) is 0 Å². The van der Waals surface area contributed by atoms with Gasteiger partial charge in [-0.2, -0.15) is 5.10 Å². The number of fused-ring (bicyclic) bond motifs is 1. The summed E-state index contributed by atoms with van der Waals surface area (Å²) in [6.45, 7) is 5.49. The van der Waals surface area contributed by atoms with Gasteiger partial charge in [0.2, 0.25) is 0 Å². The number of phenolic OH excluding ortho intramolecular Hbond substituents is 1. The number of aromatic nitrogens is 2. The van der Waals surface area contributed by atoms with Gasteiger partial charge in [-0.05, 0) is 50.1 Å². The number of benzene rings is 2. The topological polar surface area (TPSA) is 92.3 Å². The van der Waals surface area contributed by atoms with Crippen LogP contribution in [0.2, 0.25) is 0 Å². The largest absolute Gasteiger partial charge is 0.507 e. The molecule has 0 aliphatic rings. The first kappa shape index (κ1) is 16.7. The van der Waals surface area contributed by atoms with Crippen molar-refractivity contribution in [3.05, 3.63) is 57.4 Å². The summed E-state index contributed by atoms with van der Waals surface area (Å²) in [4.78, 5) is 24.6. The zero-order valence-corrected chi connectivity index (χ0v) is 14.2. The van der Waals surface area contributed by atoms with Gasteiger partial charge in [0.1, 0.15) is 11.4 Å². The van der Waals surface area contributed by atoms with Crippen LogP contribution < -0.4 is 5.56 Å². The average Bonchev–Trinajstić information content (AvgIpc) is 2.56. The van der Waals surface area contributed by atoms with Gasteiger partial charge < -0.3 is 9.84 Å². The highest BCUT2D eigenvalue weighted by Gasteiger charge is 2.21. The smallest absolute Gasteiger partial charge is 0.338 e. The van der Waals surface area contributed by atoms with Gasteiger partial charge in [0.05, 0.1) is 17.6 Å². The minimum absolute atomic E-state index is 0.0631. The number of nitrogens with one attached hydrogen (secondary N) is 1. The minimum atomic E-state index is -0.459. The van der Waals surface area contributed by atoms with E-state index >= 15 is 0 Å². The van der Waals surface area contributed by atoms with E-state index in [4.69, 9.17) is 4.74 Å². The fourth-order valence-electron chi connectivity index (χ4n) is 3.08. The molecule has 2 N–H and O–H groups in total. The highest BCUT2D eigenvalue weighted by atomic mass is 16.5. The predicted molar refractivity (Wildman–Crippen MR) is 94.9 cm³/mol. The summed E-state index contributed by atoms with van der Waals surface area (Å²) in [6, 6.07) is 8.50. The van der Waals surface area contributed by atoms with Crippen molar-refractivity contribution in [3.8, 4) is 17.0 Å². The number of aryl methyl sites for hydroxylation is 2. The molecule has 0 bridgehead atoms. The van der Waals surface area contributed by atoms with E-state index in [1.807, 2.05) is 0 Å². The quantitative estimate of drug-likeness (QED) is 0.716. The van der Waals surface area contributed by atoms with Crippen molar-refractivity contribution in [2.75, 3.05) is 6.61 Å². The Labute approximate surface area is 144 Å². The van der Waals surface area contributed by atoms with Crippen molar-refractivity contribution in [2.45, 2.75) is 20.8 Å². The summed E-state index contributed by atoms with van der Waals surface area (Å²) in [7, 11) is 0. The molecule has 0 radical (unpaired) electrons. The van der Waals surface area contributed by atoms with Gasteiger partial charge in [-0.15, -0.1) is 0 Å². The summed E-state index contributed by atoms with van der Waals surface area (Å²) in [5.41, 5.74) is 2.17. The second kappa shape index (κ2) is 6.39. The molecule has 3 aromatic rings. The Balaban J connectivity index is 2.39. The zero-order valence-electron chi connectivity index (χ0n) is 14.2. The Morgan fingerprint density at radius 1 is 1.28 bits per heavy atom. The molecule has 0 saturated carbocycles. The number of aromatic hydroxyl groups is 1. The molecule has 0 fully saturated rings.